The lowest BCUT2D eigenvalue weighted by Crippen LogP contribution is -2.69. The predicted molar refractivity (Wildman–Crippen MR) is 96.8 cm³/mol. The van der Waals surface area contributed by atoms with Crippen molar-refractivity contribution in [3.05, 3.63) is 23.8 Å². The lowest BCUT2D eigenvalue weighted by molar-refractivity contribution is -0.222. The fourth-order valence-electron chi connectivity index (χ4n) is 6.85. The number of halogens is 1. The van der Waals surface area contributed by atoms with Crippen molar-refractivity contribution >= 4 is 11.6 Å². The number of allylic oxidation sites excluding steroid dienone is 4. The number of aliphatic hydroxyl groups is 4. The minimum absolute atomic E-state index is 0.0135. The van der Waals surface area contributed by atoms with Gasteiger partial charge in [0, 0.05) is 16.7 Å². The van der Waals surface area contributed by atoms with Crippen LogP contribution in [0.15, 0.2) is 23.8 Å². The molecule has 0 amide bonds. The number of rotatable bonds is 2. The third-order valence-corrected chi connectivity index (χ3v) is 8.43. The largest absolute Gasteiger partial charge is 0.390 e. The van der Waals surface area contributed by atoms with Gasteiger partial charge in [-0.25, -0.2) is 4.39 Å². The van der Waals surface area contributed by atoms with Crippen LogP contribution >= 0.6 is 0 Å². The number of carbonyl (C=O) groups excluding carboxylic acids is 2. The molecule has 0 bridgehead atoms. The average molecular weight is 394 g/mol. The molecule has 4 aliphatic carbocycles. The Kier molecular flexibility index (Phi) is 4.13. The highest BCUT2D eigenvalue weighted by molar-refractivity contribution is 6.01. The van der Waals surface area contributed by atoms with E-state index in [1.54, 1.807) is 13.8 Å². The van der Waals surface area contributed by atoms with Crippen molar-refractivity contribution in [1.82, 2.24) is 0 Å². The van der Waals surface area contributed by atoms with Crippen LogP contribution in [0.3, 0.4) is 0 Å². The van der Waals surface area contributed by atoms with Crippen LogP contribution in [0.5, 0.6) is 0 Å². The van der Waals surface area contributed by atoms with Gasteiger partial charge in [-0.3, -0.25) is 9.59 Å². The molecule has 28 heavy (non-hydrogen) atoms. The monoisotopic (exact) mass is 394 g/mol. The summed E-state index contributed by atoms with van der Waals surface area (Å²) in [6, 6.07) is 0. The van der Waals surface area contributed by atoms with Crippen LogP contribution in [0.25, 0.3) is 0 Å². The molecule has 0 aromatic rings. The maximum absolute atomic E-state index is 16.8. The number of fused-ring (bicyclic) bond motifs is 5. The quantitative estimate of drug-likeness (QED) is 0.546. The van der Waals surface area contributed by atoms with Gasteiger partial charge in [-0.2, -0.15) is 0 Å². The zero-order chi connectivity index (χ0) is 20.7. The van der Waals surface area contributed by atoms with Crippen LogP contribution in [-0.2, 0) is 9.59 Å². The molecule has 0 radical (unpaired) electrons. The third kappa shape index (κ3) is 2.01. The predicted octanol–water partition coefficient (Wildman–Crippen LogP) is 0.620. The van der Waals surface area contributed by atoms with Gasteiger partial charge in [0.2, 0.25) is 0 Å². The Bertz CT molecular complexity index is 807. The van der Waals surface area contributed by atoms with Crippen molar-refractivity contribution in [3.8, 4) is 0 Å². The summed E-state index contributed by atoms with van der Waals surface area (Å²) in [6.07, 6.45) is 1.93. The maximum atomic E-state index is 16.8. The Labute approximate surface area is 162 Å². The van der Waals surface area contributed by atoms with Crippen molar-refractivity contribution < 1.29 is 34.4 Å². The van der Waals surface area contributed by atoms with Gasteiger partial charge in [0.25, 0.3) is 0 Å². The van der Waals surface area contributed by atoms with E-state index in [9.17, 15) is 30.0 Å². The molecule has 0 spiro atoms. The molecule has 0 unspecified atom stereocenters. The van der Waals surface area contributed by atoms with Gasteiger partial charge < -0.3 is 20.4 Å². The van der Waals surface area contributed by atoms with Gasteiger partial charge in [0.1, 0.15) is 6.61 Å². The first kappa shape index (κ1) is 19.9. The van der Waals surface area contributed by atoms with E-state index in [4.69, 9.17) is 0 Å². The summed E-state index contributed by atoms with van der Waals surface area (Å²) >= 11 is 0. The minimum atomic E-state index is -2.23. The molecule has 6 nitrogen and oxygen atoms in total. The van der Waals surface area contributed by atoms with Crippen LogP contribution < -0.4 is 0 Å². The molecule has 7 heteroatoms. The summed E-state index contributed by atoms with van der Waals surface area (Å²) in [5, 5.41) is 42.1. The van der Waals surface area contributed by atoms with Gasteiger partial charge in [-0.05, 0) is 50.7 Å². The molecule has 4 aliphatic rings. The Morgan fingerprint density at radius 2 is 1.93 bits per heavy atom. The summed E-state index contributed by atoms with van der Waals surface area (Å²) in [6.45, 7) is 2.33. The van der Waals surface area contributed by atoms with E-state index in [2.05, 4.69) is 0 Å². The van der Waals surface area contributed by atoms with Gasteiger partial charge in [-0.15, -0.1) is 0 Å². The van der Waals surface area contributed by atoms with Crippen LogP contribution in [0.4, 0.5) is 4.39 Å². The summed E-state index contributed by atoms with van der Waals surface area (Å²) in [5.41, 5.74) is -6.12. The fourth-order valence-corrected chi connectivity index (χ4v) is 6.85. The molecule has 0 aliphatic heterocycles. The third-order valence-electron chi connectivity index (χ3n) is 8.43. The lowest BCUT2D eigenvalue weighted by atomic mass is 9.44. The van der Waals surface area contributed by atoms with E-state index >= 15 is 4.39 Å². The highest BCUT2D eigenvalue weighted by Crippen LogP contribution is 2.69. The van der Waals surface area contributed by atoms with Gasteiger partial charge in [0.05, 0.1) is 12.2 Å². The summed E-state index contributed by atoms with van der Waals surface area (Å²) in [4.78, 5) is 24.2. The molecular weight excluding hydrogens is 367 g/mol. The first-order valence-corrected chi connectivity index (χ1v) is 9.82. The number of Topliss-reactive ketones (excluding diaryl/α,β-unsaturated/α-hetero) is 1. The lowest BCUT2D eigenvalue weighted by Gasteiger charge is -2.62. The van der Waals surface area contributed by atoms with Crippen LogP contribution in [0, 0.1) is 22.7 Å². The highest BCUT2D eigenvalue weighted by Gasteiger charge is 2.76. The molecular formula is C21H27FO6. The fraction of sp³-hybridized carbons (Fsp3) is 0.714. The smallest absolute Gasteiger partial charge is 0.192 e. The SMILES string of the molecule is C[C@]12C=CC(=O)C=C1CC[C@H]1[C@@H]3C[C@@H](O)[C@@](O)(C(=O)CO)[C@@]3(C)C[C@@H](O)[C@]12F. The molecule has 8 atom stereocenters. The molecule has 3 fully saturated rings. The highest BCUT2D eigenvalue weighted by atomic mass is 19.1. The minimum Gasteiger partial charge on any atom is -0.390 e. The summed E-state index contributed by atoms with van der Waals surface area (Å²) in [7, 11) is 0. The zero-order valence-electron chi connectivity index (χ0n) is 16.1. The Hall–Kier alpha value is -1.41. The Balaban J connectivity index is 1.84. The number of alkyl halides is 1. The number of carbonyl (C=O) groups is 2. The molecule has 0 saturated heterocycles. The first-order chi connectivity index (χ1) is 13.0. The topological polar surface area (TPSA) is 115 Å². The molecule has 0 aromatic carbocycles. The van der Waals surface area contributed by atoms with Crippen molar-refractivity contribution in [2.75, 3.05) is 6.61 Å². The number of ketones is 2. The van der Waals surface area contributed by atoms with Crippen molar-refractivity contribution in [1.29, 1.82) is 0 Å². The second kappa shape index (κ2) is 5.81. The van der Waals surface area contributed by atoms with Crippen LogP contribution in [0.1, 0.15) is 39.5 Å². The number of aliphatic hydroxyl groups excluding tert-OH is 3. The molecule has 4 N–H and O–H groups in total. The van der Waals surface area contributed by atoms with E-state index in [1.807, 2.05) is 0 Å². The van der Waals surface area contributed by atoms with Crippen LogP contribution in [0.2, 0.25) is 0 Å². The number of hydrogen-bond acceptors (Lipinski definition) is 6. The summed E-state index contributed by atoms with van der Waals surface area (Å²) < 4.78 is 16.8. The van der Waals surface area contributed by atoms with E-state index in [0.29, 0.717) is 18.4 Å². The molecule has 154 valence electrons. The zero-order valence-corrected chi connectivity index (χ0v) is 16.1. The van der Waals surface area contributed by atoms with E-state index in [-0.39, 0.29) is 18.6 Å². The van der Waals surface area contributed by atoms with Gasteiger partial charge in [-0.1, -0.05) is 18.6 Å². The van der Waals surface area contributed by atoms with Crippen molar-refractivity contribution in [3.63, 3.8) is 0 Å². The number of hydrogen-bond donors (Lipinski definition) is 4. The second-order valence-electron chi connectivity index (χ2n) is 9.36. The van der Waals surface area contributed by atoms with Gasteiger partial charge in [0.15, 0.2) is 22.8 Å². The van der Waals surface area contributed by atoms with Crippen molar-refractivity contribution in [2.45, 2.75) is 63.0 Å². The van der Waals surface area contributed by atoms with Crippen LogP contribution in [-0.4, -0.2) is 62.1 Å². The van der Waals surface area contributed by atoms with Crippen molar-refractivity contribution in [2.24, 2.45) is 22.7 Å². The Morgan fingerprint density at radius 1 is 1.25 bits per heavy atom. The second-order valence-corrected chi connectivity index (χ2v) is 9.36. The first-order valence-electron chi connectivity index (χ1n) is 9.82. The maximum Gasteiger partial charge on any atom is 0.192 e. The Morgan fingerprint density at radius 3 is 2.57 bits per heavy atom. The molecule has 4 rings (SSSR count). The molecule has 0 aromatic heterocycles. The average Bonchev–Trinajstić information content (AvgIpc) is 2.84. The van der Waals surface area contributed by atoms with E-state index < -0.39 is 58.5 Å². The normalized spacial score (nSPS) is 52.5. The van der Waals surface area contributed by atoms with E-state index in [1.165, 1.54) is 18.2 Å². The molecule has 0 heterocycles. The molecule has 3 saturated carbocycles. The standard InChI is InChI=1S/C21H27FO6/c1-18-6-5-12(24)7-11(18)3-4-13-14-8-15(25)21(28,17(27)10-23)19(14,2)9-16(26)20(13,18)22/h5-7,13-16,23,25-26,28H,3-4,8-10H2,1-2H3/t13-,14-,15+,16+,18-,19-,20+,21+/m0/s1. The van der Waals surface area contributed by atoms with E-state index in [0.717, 1.165) is 0 Å². The summed E-state index contributed by atoms with van der Waals surface area (Å²) in [5.74, 6) is -2.38. The van der Waals surface area contributed by atoms with Gasteiger partial charge >= 0.3 is 0 Å².